The van der Waals surface area contributed by atoms with Gasteiger partial charge in [0.2, 0.25) is 0 Å². The highest BCUT2D eigenvalue weighted by atomic mass is 16.5. The number of benzene rings is 2. The normalized spacial score (nSPS) is 16.7. The maximum absolute atomic E-state index is 13.0. The summed E-state index contributed by atoms with van der Waals surface area (Å²) in [6, 6.07) is 14.3. The molecule has 1 aliphatic heterocycles. The Morgan fingerprint density at radius 2 is 1.78 bits per heavy atom. The Balaban J connectivity index is 1.40. The third kappa shape index (κ3) is 3.17. The Morgan fingerprint density at radius 3 is 2.47 bits per heavy atom. The van der Waals surface area contributed by atoms with Crippen molar-refractivity contribution in [3.63, 3.8) is 0 Å². The van der Waals surface area contributed by atoms with Gasteiger partial charge in [-0.25, -0.2) is 4.98 Å². The van der Waals surface area contributed by atoms with Crippen molar-refractivity contribution in [3.8, 4) is 11.5 Å². The molecule has 2 aliphatic rings. The number of nitrogens with zero attached hydrogens (tertiary/aromatic N) is 2. The van der Waals surface area contributed by atoms with Gasteiger partial charge in [-0.1, -0.05) is 12.1 Å². The van der Waals surface area contributed by atoms with Crippen LogP contribution < -0.4 is 14.8 Å². The molecule has 7 heteroatoms. The number of ether oxygens (including phenoxy) is 2. The van der Waals surface area contributed by atoms with Crippen molar-refractivity contribution < 1.29 is 19.1 Å². The number of imide groups is 1. The average Bonchev–Trinajstić information content (AvgIpc) is 3.36. The number of methoxy groups -OCH3 is 2. The molecule has 1 N–H and O–H groups in total. The van der Waals surface area contributed by atoms with E-state index in [4.69, 9.17) is 9.47 Å². The summed E-state index contributed by atoms with van der Waals surface area (Å²) in [4.78, 5) is 31.9. The van der Waals surface area contributed by atoms with Crippen LogP contribution in [0.15, 0.2) is 54.7 Å². The number of amides is 2. The lowest BCUT2D eigenvalue weighted by Crippen LogP contribution is -2.33. The molecular formula is C25H23N3O4. The highest BCUT2D eigenvalue weighted by Gasteiger charge is 2.43. The summed E-state index contributed by atoms with van der Waals surface area (Å²) in [6.45, 7) is 0.522. The van der Waals surface area contributed by atoms with Crippen LogP contribution in [-0.4, -0.2) is 35.9 Å². The van der Waals surface area contributed by atoms with E-state index in [0.717, 1.165) is 40.4 Å². The van der Waals surface area contributed by atoms with Gasteiger partial charge < -0.3 is 14.8 Å². The fourth-order valence-corrected chi connectivity index (χ4v) is 4.61. The number of anilines is 1. The maximum Gasteiger partial charge on any atom is 0.262 e. The Kier molecular flexibility index (Phi) is 5.01. The summed E-state index contributed by atoms with van der Waals surface area (Å²) in [7, 11) is 3.25. The first-order chi connectivity index (χ1) is 15.6. The highest BCUT2D eigenvalue weighted by molar-refractivity contribution is 6.21. The number of pyridine rings is 1. The van der Waals surface area contributed by atoms with E-state index in [9.17, 15) is 9.59 Å². The summed E-state index contributed by atoms with van der Waals surface area (Å²) in [6.07, 6.45) is 3.15. The third-order valence-electron chi connectivity index (χ3n) is 6.20. The molecule has 0 radical (unpaired) electrons. The Bertz CT molecular complexity index is 1190. The largest absolute Gasteiger partial charge is 0.497 e. The average molecular weight is 429 g/mol. The van der Waals surface area contributed by atoms with Crippen LogP contribution in [0.25, 0.3) is 0 Å². The zero-order chi connectivity index (χ0) is 22.2. The van der Waals surface area contributed by atoms with Gasteiger partial charge in [0.25, 0.3) is 11.8 Å². The van der Waals surface area contributed by atoms with Crippen LogP contribution >= 0.6 is 0 Å². The lowest BCUT2D eigenvalue weighted by Gasteiger charge is -2.23. The molecule has 162 valence electrons. The van der Waals surface area contributed by atoms with Gasteiger partial charge in [0.15, 0.2) is 0 Å². The number of fused-ring (bicyclic) bond motifs is 2. The Labute approximate surface area is 186 Å². The second-order valence-electron chi connectivity index (χ2n) is 7.84. The summed E-state index contributed by atoms with van der Waals surface area (Å²) in [5.41, 5.74) is 3.94. The molecule has 0 unspecified atom stereocenters. The third-order valence-corrected chi connectivity index (χ3v) is 6.20. The first-order valence-electron chi connectivity index (χ1n) is 10.5. The quantitative estimate of drug-likeness (QED) is 0.597. The minimum atomic E-state index is -0.281. The zero-order valence-electron chi connectivity index (χ0n) is 17.9. The number of carbonyl (C=O) groups is 2. The van der Waals surface area contributed by atoms with E-state index in [0.29, 0.717) is 24.1 Å². The van der Waals surface area contributed by atoms with E-state index in [2.05, 4.69) is 10.3 Å². The number of nitrogens with one attached hydrogen (secondary N) is 1. The molecule has 3 aromatic rings. The summed E-state index contributed by atoms with van der Waals surface area (Å²) < 4.78 is 10.7. The summed E-state index contributed by atoms with van der Waals surface area (Å²) in [5.74, 6) is 1.77. The second-order valence-corrected chi connectivity index (χ2v) is 7.84. The molecule has 2 aromatic carbocycles. The van der Waals surface area contributed by atoms with E-state index in [1.165, 1.54) is 4.90 Å². The van der Waals surface area contributed by atoms with Gasteiger partial charge in [-0.05, 0) is 54.3 Å². The molecule has 2 amide bonds. The predicted molar refractivity (Wildman–Crippen MR) is 119 cm³/mol. The van der Waals surface area contributed by atoms with Gasteiger partial charge in [-0.3, -0.25) is 14.5 Å². The van der Waals surface area contributed by atoms with Crippen molar-refractivity contribution >= 4 is 17.6 Å². The first kappa shape index (κ1) is 20.1. The monoisotopic (exact) mass is 429 g/mol. The van der Waals surface area contributed by atoms with E-state index < -0.39 is 0 Å². The summed E-state index contributed by atoms with van der Waals surface area (Å²) >= 11 is 0. The van der Waals surface area contributed by atoms with Crippen LogP contribution in [0, 0.1) is 0 Å². The molecular weight excluding hydrogens is 406 g/mol. The topological polar surface area (TPSA) is 80.8 Å². The van der Waals surface area contributed by atoms with Gasteiger partial charge in [-0.2, -0.15) is 0 Å². The van der Waals surface area contributed by atoms with Crippen LogP contribution in [-0.2, 0) is 13.0 Å². The number of hydrogen-bond donors (Lipinski definition) is 1. The van der Waals surface area contributed by atoms with Crippen molar-refractivity contribution in [1.82, 2.24) is 9.88 Å². The van der Waals surface area contributed by atoms with Crippen LogP contribution in [0.1, 0.15) is 49.9 Å². The van der Waals surface area contributed by atoms with Crippen LogP contribution in [0.4, 0.5) is 5.82 Å². The Morgan fingerprint density at radius 1 is 1.03 bits per heavy atom. The van der Waals surface area contributed by atoms with Gasteiger partial charge in [0.05, 0.1) is 31.4 Å². The van der Waals surface area contributed by atoms with Crippen molar-refractivity contribution in [1.29, 1.82) is 0 Å². The standard InChI is InChI=1S/C25H23N3O4/c1-31-16-8-7-15(22(13-16)32-2)14-27-23-18-9-10-21(17(18)11-12-26-23)28-24(29)19-5-3-4-6-20(19)25(28)30/h3-8,11-13,21H,9-10,14H2,1-2H3,(H,26,27)/t21-/m1/s1. The van der Waals surface area contributed by atoms with E-state index in [1.807, 2.05) is 24.3 Å². The number of hydrogen-bond acceptors (Lipinski definition) is 6. The van der Waals surface area contributed by atoms with Crippen molar-refractivity contribution in [3.05, 3.63) is 82.5 Å². The maximum atomic E-state index is 13.0. The van der Waals surface area contributed by atoms with Crippen LogP contribution in [0.2, 0.25) is 0 Å². The fourth-order valence-electron chi connectivity index (χ4n) is 4.61. The van der Waals surface area contributed by atoms with Gasteiger partial charge >= 0.3 is 0 Å². The van der Waals surface area contributed by atoms with E-state index >= 15 is 0 Å². The second kappa shape index (κ2) is 8.00. The number of aromatic nitrogens is 1. The van der Waals surface area contributed by atoms with Crippen molar-refractivity contribution in [2.75, 3.05) is 19.5 Å². The molecule has 32 heavy (non-hydrogen) atoms. The smallest absolute Gasteiger partial charge is 0.262 e. The van der Waals surface area contributed by atoms with Gasteiger partial charge in [0, 0.05) is 24.4 Å². The molecule has 5 rings (SSSR count). The fraction of sp³-hybridized carbons (Fsp3) is 0.240. The first-order valence-corrected chi connectivity index (χ1v) is 10.5. The molecule has 0 spiro atoms. The molecule has 0 bridgehead atoms. The SMILES string of the molecule is COc1ccc(CNc2nccc3c2CC[C@H]3N2C(=O)c3ccccc3C2=O)c(OC)c1. The van der Waals surface area contributed by atoms with E-state index in [1.54, 1.807) is 44.7 Å². The van der Waals surface area contributed by atoms with Crippen LogP contribution in [0.3, 0.4) is 0 Å². The van der Waals surface area contributed by atoms with Gasteiger partial charge in [0.1, 0.15) is 17.3 Å². The molecule has 0 saturated carbocycles. The number of carbonyl (C=O) groups excluding carboxylic acids is 2. The van der Waals surface area contributed by atoms with Crippen molar-refractivity contribution in [2.24, 2.45) is 0 Å². The lowest BCUT2D eigenvalue weighted by atomic mass is 10.1. The zero-order valence-corrected chi connectivity index (χ0v) is 17.9. The molecule has 1 atom stereocenters. The Hall–Kier alpha value is -3.87. The molecule has 7 nitrogen and oxygen atoms in total. The molecule has 2 heterocycles. The number of rotatable bonds is 6. The minimum absolute atomic E-state index is 0.224. The summed E-state index contributed by atoms with van der Waals surface area (Å²) in [5, 5.41) is 3.40. The van der Waals surface area contributed by atoms with Crippen LogP contribution in [0.5, 0.6) is 11.5 Å². The lowest BCUT2D eigenvalue weighted by molar-refractivity contribution is 0.0582. The van der Waals surface area contributed by atoms with E-state index in [-0.39, 0.29) is 17.9 Å². The van der Waals surface area contributed by atoms with Gasteiger partial charge in [-0.15, -0.1) is 0 Å². The predicted octanol–water partition coefficient (Wildman–Crippen LogP) is 3.99. The molecule has 0 fully saturated rings. The minimum Gasteiger partial charge on any atom is -0.497 e. The molecule has 0 saturated heterocycles. The molecule has 1 aromatic heterocycles. The van der Waals surface area contributed by atoms with Crippen molar-refractivity contribution in [2.45, 2.75) is 25.4 Å². The molecule has 1 aliphatic carbocycles. The highest BCUT2D eigenvalue weighted by Crippen LogP contribution is 2.42.